The summed E-state index contributed by atoms with van der Waals surface area (Å²) in [4.78, 5) is 2.23. The fourth-order valence-electron chi connectivity index (χ4n) is 2.31. The SMILES string of the molecule is CC1CCC(N(C)c2ccc(Cl)nn2)CC1. The lowest BCUT2D eigenvalue weighted by atomic mass is 9.87. The van der Waals surface area contributed by atoms with E-state index >= 15 is 0 Å². The Bertz CT molecular complexity index is 331. The summed E-state index contributed by atoms with van der Waals surface area (Å²) in [7, 11) is 2.10. The van der Waals surface area contributed by atoms with Gasteiger partial charge in [0.1, 0.15) is 0 Å². The fraction of sp³-hybridized carbons (Fsp3) is 0.667. The molecule has 1 saturated carbocycles. The van der Waals surface area contributed by atoms with Crippen LogP contribution in [0.25, 0.3) is 0 Å². The van der Waals surface area contributed by atoms with Crippen molar-refractivity contribution < 1.29 is 0 Å². The first-order chi connectivity index (χ1) is 7.66. The number of hydrogen-bond donors (Lipinski definition) is 0. The maximum Gasteiger partial charge on any atom is 0.151 e. The van der Waals surface area contributed by atoms with Crippen LogP contribution in [0.3, 0.4) is 0 Å². The first kappa shape index (κ1) is 11.6. The summed E-state index contributed by atoms with van der Waals surface area (Å²) in [5, 5.41) is 8.45. The number of nitrogens with zero attached hydrogens (tertiary/aromatic N) is 3. The molecule has 0 radical (unpaired) electrons. The molecular weight excluding hydrogens is 222 g/mol. The van der Waals surface area contributed by atoms with Crippen LogP contribution in [0.15, 0.2) is 12.1 Å². The van der Waals surface area contributed by atoms with E-state index in [1.54, 1.807) is 6.07 Å². The Hall–Kier alpha value is -0.830. The van der Waals surface area contributed by atoms with Gasteiger partial charge >= 0.3 is 0 Å². The third-order valence-corrected chi connectivity index (χ3v) is 3.71. The second-order valence-corrected chi connectivity index (χ2v) is 5.13. The fourth-order valence-corrected chi connectivity index (χ4v) is 2.41. The van der Waals surface area contributed by atoms with Gasteiger partial charge in [0.05, 0.1) is 0 Å². The number of hydrogen-bond acceptors (Lipinski definition) is 3. The Labute approximate surface area is 102 Å². The number of rotatable bonds is 2. The Morgan fingerprint density at radius 3 is 2.44 bits per heavy atom. The Morgan fingerprint density at radius 1 is 1.19 bits per heavy atom. The minimum absolute atomic E-state index is 0.453. The Kier molecular flexibility index (Phi) is 3.64. The van der Waals surface area contributed by atoms with Gasteiger partial charge in [0.15, 0.2) is 11.0 Å². The van der Waals surface area contributed by atoms with Crippen molar-refractivity contribution in [1.82, 2.24) is 10.2 Å². The Balaban J connectivity index is 2.01. The quantitative estimate of drug-likeness (QED) is 0.794. The van der Waals surface area contributed by atoms with Crippen molar-refractivity contribution in [3.8, 4) is 0 Å². The highest BCUT2D eigenvalue weighted by Gasteiger charge is 2.22. The van der Waals surface area contributed by atoms with Gasteiger partial charge in [-0.3, -0.25) is 0 Å². The smallest absolute Gasteiger partial charge is 0.151 e. The molecule has 1 aliphatic rings. The molecule has 3 nitrogen and oxygen atoms in total. The lowest BCUT2D eigenvalue weighted by Crippen LogP contribution is -2.35. The molecule has 88 valence electrons. The van der Waals surface area contributed by atoms with E-state index in [1.165, 1.54) is 25.7 Å². The molecule has 0 atom stereocenters. The highest BCUT2D eigenvalue weighted by molar-refractivity contribution is 6.29. The largest absolute Gasteiger partial charge is 0.355 e. The zero-order chi connectivity index (χ0) is 11.5. The lowest BCUT2D eigenvalue weighted by molar-refractivity contribution is 0.339. The molecule has 2 rings (SSSR count). The van der Waals surface area contributed by atoms with Crippen LogP contribution in [0.4, 0.5) is 5.82 Å². The van der Waals surface area contributed by atoms with Gasteiger partial charge in [-0.05, 0) is 43.7 Å². The van der Waals surface area contributed by atoms with Gasteiger partial charge in [0, 0.05) is 13.1 Å². The van der Waals surface area contributed by atoms with Crippen molar-refractivity contribution in [1.29, 1.82) is 0 Å². The summed E-state index contributed by atoms with van der Waals surface area (Å²) >= 11 is 5.73. The second kappa shape index (κ2) is 5.00. The van der Waals surface area contributed by atoms with E-state index in [0.717, 1.165) is 11.7 Å². The molecule has 0 saturated heterocycles. The number of anilines is 1. The van der Waals surface area contributed by atoms with Crippen LogP contribution in [0.2, 0.25) is 5.15 Å². The molecule has 0 bridgehead atoms. The molecule has 0 aromatic carbocycles. The van der Waals surface area contributed by atoms with Gasteiger partial charge in [-0.15, -0.1) is 10.2 Å². The summed E-state index contributed by atoms with van der Waals surface area (Å²) < 4.78 is 0. The standard InChI is InChI=1S/C12H18ClN3/c1-9-3-5-10(6-4-9)16(2)12-8-7-11(13)14-15-12/h7-10H,3-6H2,1-2H3. The Morgan fingerprint density at radius 2 is 1.88 bits per heavy atom. The van der Waals surface area contributed by atoms with Crippen molar-refractivity contribution >= 4 is 17.4 Å². The zero-order valence-corrected chi connectivity index (χ0v) is 10.6. The molecule has 0 amide bonds. The summed E-state index contributed by atoms with van der Waals surface area (Å²) in [6, 6.07) is 4.34. The lowest BCUT2D eigenvalue weighted by Gasteiger charge is -2.34. The highest BCUT2D eigenvalue weighted by Crippen LogP contribution is 2.28. The summed E-state index contributed by atoms with van der Waals surface area (Å²) in [6.45, 7) is 2.33. The third-order valence-electron chi connectivity index (χ3n) is 3.51. The van der Waals surface area contributed by atoms with Gasteiger partial charge in [0.25, 0.3) is 0 Å². The van der Waals surface area contributed by atoms with Crippen molar-refractivity contribution in [3.05, 3.63) is 17.3 Å². The number of aromatic nitrogens is 2. The van der Waals surface area contributed by atoms with Crippen LogP contribution >= 0.6 is 11.6 Å². The third kappa shape index (κ3) is 2.64. The first-order valence-corrected chi connectivity index (χ1v) is 6.26. The zero-order valence-electron chi connectivity index (χ0n) is 9.86. The molecule has 1 heterocycles. The van der Waals surface area contributed by atoms with Crippen LogP contribution in [-0.4, -0.2) is 23.3 Å². The van der Waals surface area contributed by atoms with Crippen LogP contribution in [-0.2, 0) is 0 Å². The molecule has 1 aromatic heterocycles. The van der Waals surface area contributed by atoms with Crippen molar-refractivity contribution in [2.24, 2.45) is 5.92 Å². The average molecular weight is 240 g/mol. The van der Waals surface area contributed by atoms with Crippen LogP contribution in [0.1, 0.15) is 32.6 Å². The molecule has 1 aliphatic carbocycles. The molecule has 0 spiro atoms. The molecule has 16 heavy (non-hydrogen) atoms. The van der Waals surface area contributed by atoms with E-state index < -0.39 is 0 Å². The molecular formula is C12H18ClN3. The summed E-state index contributed by atoms with van der Waals surface area (Å²) in [5.41, 5.74) is 0. The van der Waals surface area contributed by atoms with E-state index in [0.29, 0.717) is 11.2 Å². The van der Waals surface area contributed by atoms with Crippen molar-refractivity contribution in [2.75, 3.05) is 11.9 Å². The van der Waals surface area contributed by atoms with Gasteiger partial charge < -0.3 is 4.90 Å². The van der Waals surface area contributed by atoms with Crippen LogP contribution < -0.4 is 4.90 Å². The molecule has 1 aromatic rings. The summed E-state index contributed by atoms with van der Waals surface area (Å²) in [5.74, 6) is 1.80. The van der Waals surface area contributed by atoms with Crippen LogP contribution in [0, 0.1) is 5.92 Å². The molecule has 0 unspecified atom stereocenters. The maximum absolute atomic E-state index is 5.73. The van der Waals surface area contributed by atoms with Gasteiger partial charge in [-0.2, -0.15) is 0 Å². The minimum atomic E-state index is 0.453. The van der Waals surface area contributed by atoms with Gasteiger partial charge in [-0.1, -0.05) is 18.5 Å². The van der Waals surface area contributed by atoms with Gasteiger partial charge in [-0.25, -0.2) is 0 Å². The molecule has 1 fully saturated rings. The molecule has 4 heteroatoms. The topological polar surface area (TPSA) is 29.0 Å². The number of halogens is 1. The maximum atomic E-state index is 5.73. The van der Waals surface area contributed by atoms with E-state index in [-0.39, 0.29) is 0 Å². The van der Waals surface area contributed by atoms with E-state index in [2.05, 4.69) is 29.1 Å². The monoisotopic (exact) mass is 239 g/mol. The highest BCUT2D eigenvalue weighted by atomic mass is 35.5. The van der Waals surface area contributed by atoms with Crippen molar-refractivity contribution in [2.45, 2.75) is 38.6 Å². The van der Waals surface area contributed by atoms with Crippen LogP contribution in [0.5, 0.6) is 0 Å². The second-order valence-electron chi connectivity index (χ2n) is 4.74. The summed E-state index contributed by atoms with van der Waals surface area (Å²) in [6.07, 6.45) is 5.13. The van der Waals surface area contributed by atoms with E-state index in [9.17, 15) is 0 Å². The molecule has 0 N–H and O–H groups in total. The molecule has 0 aliphatic heterocycles. The predicted octanol–water partition coefficient (Wildman–Crippen LogP) is 3.14. The predicted molar refractivity (Wildman–Crippen MR) is 66.9 cm³/mol. The van der Waals surface area contributed by atoms with E-state index in [1.807, 2.05) is 6.07 Å². The average Bonchev–Trinajstić information content (AvgIpc) is 2.30. The van der Waals surface area contributed by atoms with Gasteiger partial charge in [0.2, 0.25) is 0 Å². The van der Waals surface area contributed by atoms with E-state index in [4.69, 9.17) is 11.6 Å². The normalized spacial score (nSPS) is 25.4. The minimum Gasteiger partial charge on any atom is -0.355 e. The van der Waals surface area contributed by atoms with Crippen molar-refractivity contribution in [3.63, 3.8) is 0 Å². The first-order valence-electron chi connectivity index (χ1n) is 5.89.